The van der Waals surface area contributed by atoms with E-state index in [9.17, 15) is 15.0 Å². The van der Waals surface area contributed by atoms with Crippen LogP contribution in [0, 0.1) is 0 Å². The van der Waals surface area contributed by atoms with E-state index in [1.54, 1.807) is 0 Å². The number of methoxy groups -OCH3 is 1. The van der Waals surface area contributed by atoms with Crippen LogP contribution in [-0.2, 0) is 9.47 Å². The average molecular weight is 299 g/mol. The van der Waals surface area contributed by atoms with Gasteiger partial charge in [0.2, 0.25) is 0 Å². The Hall–Kier alpha value is -0.640. The van der Waals surface area contributed by atoms with Gasteiger partial charge >= 0.3 is 6.03 Å². The summed E-state index contributed by atoms with van der Waals surface area (Å²) < 4.78 is 10.2. The first-order valence-electron chi connectivity index (χ1n) is 5.80. The molecule has 0 saturated carbocycles. The van der Waals surface area contributed by atoms with E-state index in [4.69, 9.17) is 26.2 Å². The van der Waals surface area contributed by atoms with E-state index in [-0.39, 0.29) is 12.4 Å². The molecule has 112 valence electrons. The van der Waals surface area contributed by atoms with Crippen molar-refractivity contribution in [2.75, 3.05) is 26.1 Å². The predicted octanol–water partition coefficient (Wildman–Crippen LogP) is -2.02. The standard InChI is InChI=1S/C10H19ClN2O6/c1-18-9-6(13-10(17)12-3-2-11)8(16)7(15)5(4-14)19-9/h5-9,14-16H,2-4H2,1H3,(H2,12,13,17)/t5-,6-,7-,8-,9+/m1/s1. The SMILES string of the molecule is CO[C@H]1O[C@H](CO)[C@@H](O)[C@H](O)[C@H]1NC(=O)NCCCl. The van der Waals surface area contributed by atoms with Crippen LogP contribution < -0.4 is 10.6 Å². The summed E-state index contributed by atoms with van der Waals surface area (Å²) in [6.07, 6.45) is -4.59. The molecule has 0 aromatic carbocycles. The summed E-state index contributed by atoms with van der Waals surface area (Å²) in [7, 11) is 1.33. The first-order valence-corrected chi connectivity index (χ1v) is 6.34. The summed E-state index contributed by atoms with van der Waals surface area (Å²) >= 11 is 5.43. The molecule has 1 fully saturated rings. The highest BCUT2D eigenvalue weighted by Gasteiger charge is 2.45. The molecule has 0 aromatic rings. The molecule has 0 aromatic heterocycles. The van der Waals surface area contributed by atoms with Crippen LogP contribution >= 0.6 is 11.6 Å². The zero-order valence-corrected chi connectivity index (χ0v) is 11.2. The third kappa shape index (κ3) is 4.16. The van der Waals surface area contributed by atoms with Gasteiger partial charge in [-0.3, -0.25) is 0 Å². The van der Waals surface area contributed by atoms with E-state index in [1.165, 1.54) is 7.11 Å². The highest BCUT2D eigenvalue weighted by molar-refractivity contribution is 6.18. The Morgan fingerprint density at radius 3 is 2.63 bits per heavy atom. The molecule has 0 spiro atoms. The minimum atomic E-state index is -1.32. The molecule has 1 rings (SSSR count). The van der Waals surface area contributed by atoms with Crippen molar-refractivity contribution in [3.8, 4) is 0 Å². The summed E-state index contributed by atoms with van der Waals surface area (Å²) in [4.78, 5) is 11.5. The van der Waals surface area contributed by atoms with Gasteiger partial charge in [-0.05, 0) is 0 Å². The first-order chi connectivity index (χ1) is 9.04. The molecule has 1 aliphatic heterocycles. The van der Waals surface area contributed by atoms with E-state index < -0.39 is 43.3 Å². The van der Waals surface area contributed by atoms with Gasteiger partial charge in [0, 0.05) is 19.5 Å². The van der Waals surface area contributed by atoms with Gasteiger partial charge in [0.05, 0.1) is 6.61 Å². The summed E-state index contributed by atoms with van der Waals surface area (Å²) in [6, 6.07) is -1.52. The summed E-state index contributed by atoms with van der Waals surface area (Å²) in [5.41, 5.74) is 0. The van der Waals surface area contributed by atoms with E-state index in [0.29, 0.717) is 0 Å². The Bertz CT molecular complexity index is 293. The largest absolute Gasteiger partial charge is 0.394 e. The number of aliphatic hydroxyl groups is 3. The first kappa shape index (κ1) is 16.4. The minimum Gasteiger partial charge on any atom is -0.394 e. The van der Waals surface area contributed by atoms with Crippen molar-refractivity contribution < 1.29 is 29.6 Å². The van der Waals surface area contributed by atoms with Gasteiger partial charge in [-0.2, -0.15) is 0 Å². The number of hydrogen-bond donors (Lipinski definition) is 5. The van der Waals surface area contributed by atoms with E-state index >= 15 is 0 Å². The highest BCUT2D eigenvalue weighted by Crippen LogP contribution is 2.21. The van der Waals surface area contributed by atoms with Crippen LogP contribution in [0.1, 0.15) is 0 Å². The number of nitrogens with one attached hydrogen (secondary N) is 2. The maximum Gasteiger partial charge on any atom is 0.315 e. The molecule has 0 radical (unpaired) electrons. The smallest absolute Gasteiger partial charge is 0.315 e. The van der Waals surface area contributed by atoms with Gasteiger partial charge in [-0.25, -0.2) is 4.79 Å². The number of urea groups is 1. The van der Waals surface area contributed by atoms with Gasteiger partial charge in [0.15, 0.2) is 6.29 Å². The Labute approximate surface area is 115 Å². The van der Waals surface area contributed by atoms with Crippen LogP contribution in [0.5, 0.6) is 0 Å². The maximum absolute atomic E-state index is 11.5. The van der Waals surface area contributed by atoms with Gasteiger partial charge in [0.1, 0.15) is 24.4 Å². The Morgan fingerprint density at radius 1 is 1.42 bits per heavy atom. The van der Waals surface area contributed by atoms with Crippen LogP contribution in [0.25, 0.3) is 0 Å². The summed E-state index contributed by atoms with van der Waals surface area (Å²) in [5.74, 6) is 0.250. The second-order valence-corrected chi connectivity index (χ2v) is 4.44. The quantitative estimate of drug-likeness (QED) is 0.374. The molecule has 1 heterocycles. The monoisotopic (exact) mass is 298 g/mol. The van der Waals surface area contributed by atoms with Crippen LogP contribution in [0.3, 0.4) is 0 Å². The Balaban J connectivity index is 2.65. The van der Waals surface area contributed by atoms with Crippen molar-refractivity contribution in [1.29, 1.82) is 0 Å². The lowest BCUT2D eigenvalue weighted by atomic mass is 9.97. The predicted molar refractivity (Wildman–Crippen MR) is 65.8 cm³/mol. The number of ether oxygens (including phenoxy) is 2. The average Bonchev–Trinajstić information content (AvgIpc) is 2.42. The fourth-order valence-corrected chi connectivity index (χ4v) is 1.90. The molecule has 8 nitrogen and oxygen atoms in total. The summed E-state index contributed by atoms with van der Waals surface area (Å²) in [5, 5.41) is 33.5. The lowest BCUT2D eigenvalue weighted by Gasteiger charge is -2.41. The second-order valence-electron chi connectivity index (χ2n) is 4.06. The maximum atomic E-state index is 11.5. The number of hydrogen-bond acceptors (Lipinski definition) is 6. The topological polar surface area (TPSA) is 120 Å². The van der Waals surface area contributed by atoms with E-state index in [2.05, 4.69) is 10.6 Å². The molecule has 0 bridgehead atoms. The van der Waals surface area contributed by atoms with Crippen LogP contribution in [0.2, 0.25) is 0 Å². The number of aliphatic hydroxyl groups excluding tert-OH is 3. The van der Waals surface area contributed by atoms with Gasteiger partial charge in [0.25, 0.3) is 0 Å². The van der Waals surface area contributed by atoms with Crippen molar-refractivity contribution in [3.63, 3.8) is 0 Å². The molecule has 1 saturated heterocycles. The van der Waals surface area contributed by atoms with Crippen molar-refractivity contribution >= 4 is 17.6 Å². The Kier molecular flexibility index (Phi) is 6.76. The zero-order valence-electron chi connectivity index (χ0n) is 10.5. The molecular weight excluding hydrogens is 280 g/mol. The van der Waals surface area contributed by atoms with Crippen molar-refractivity contribution in [2.24, 2.45) is 0 Å². The number of carbonyl (C=O) groups is 1. The zero-order chi connectivity index (χ0) is 14.4. The molecule has 9 heteroatoms. The lowest BCUT2D eigenvalue weighted by molar-refractivity contribution is -0.261. The van der Waals surface area contributed by atoms with Gasteiger partial charge < -0.3 is 35.4 Å². The van der Waals surface area contributed by atoms with Crippen LogP contribution in [0.15, 0.2) is 0 Å². The van der Waals surface area contributed by atoms with Crippen molar-refractivity contribution in [3.05, 3.63) is 0 Å². The minimum absolute atomic E-state index is 0.250. The molecular formula is C10H19ClN2O6. The Morgan fingerprint density at radius 2 is 2.11 bits per heavy atom. The molecule has 0 aliphatic carbocycles. The summed E-state index contributed by atoms with van der Waals surface area (Å²) in [6.45, 7) is -0.209. The molecule has 2 amide bonds. The fourth-order valence-electron chi connectivity index (χ4n) is 1.80. The molecule has 1 aliphatic rings. The number of carbonyl (C=O) groups excluding carboxylic acids is 1. The van der Waals surface area contributed by atoms with Gasteiger partial charge in [-0.15, -0.1) is 11.6 Å². The lowest BCUT2D eigenvalue weighted by Crippen LogP contribution is -2.65. The highest BCUT2D eigenvalue weighted by atomic mass is 35.5. The van der Waals surface area contributed by atoms with Crippen LogP contribution in [-0.4, -0.2) is 78.1 Å². The normalized spacial score (nSPS) is 34.9. The number of alkyl halides is 1. The second kappa shape index (κ2) is 7.83. The third-order valence-electron chi connectivity index (χ3n) is 2.79. The molecule has 0 unspecified atom stereocenters. The van der Waals surface area contributed by atoms with Crippen molar-refractivity contribution in [1.82, 2.24) is 10.6 Å². The third-order valence-corrected chi connectivity index (χ3v) is 2.98. The number of amides is 2. The molecule has 5 N–H and O–H groups in total. The van der Waals surface area contributed by atoms with Crippen molar-refractivity contribution in [2.45, 2.75) is 30.6 Å². The molecule has 19 heavy (non-hydrogen) atoms. The van der Waals surface area contributed by atoms with Crippen LogP contribution in [0.4, 0.5) is 4.79 Å². The van der Waals surface area contributed by atoms with E-state index in [0.717, 1.165) is 0 Å². The van der Waals surface area contributed by atoms with E-state index in [1.807, 2.05) is 0 Å². The molecule has 5 atom stereocenters. The van der Waals surface area contributed by atoms with Gasteiger partial charge in [-0.1, -0.05) is 0 Å². The number of halogens is 1. The fraction of sp³-hybridized carbons (Fsp3) is 0.900. The number of rotatable bonds is 5.